The second-order valence-corrected chi connectivity index (χ2v) is 8.62. The summed E-state index contributed by atoms with van der Waals surface area (Å²) in [7, 11) is 0. The molecule has 0 fully saturated rings. The van der Waals surface area contributed by atoms with Crippen molar-refractivity contribution < 1.29 is 28.5 Å². The van der Waals surface area contributed by atoms with Crippen molar-refractivity contribution in [3.05, 3.63) is 62.9 Å². The van der Waals surface area contributed by atoms with Crippen molar-refractivity contribution in [1.82, 2.24) is 0 Å². The van der Waals surface area contributed by atoms with Crippen LogP contribution >= 0.6 is 0 Å². The summed E-state index contributed by atoms with van der Waals surface area (Å²) in [4.78, 5) is 0. The first-order valence-corrected chi connectivity index (χ1v) is 8.92. The third-order valence-corrected chi connectivity index (χ3v) is 6.72. The minimum absolute atomic E-state index is 0. The molecule has 0 unspecified atom stereocenters. The number of aryl methyl sites for hydroxylation is 3. The van der Waals surface area contributed by atoms with Crippen LogP contribution in [0.1, 0.15) is 20.4 Å². The largest absolute Gasteiger partial charge is 1.00 e. The first-order valence-electron chi connectivity index (χ1n) is 6.59. The van der Waals surface area contributed by atoms with E-state index in [0.29, 0.717) is 0 Å². The molecule has 0 aliphatic rings. The fourth-order valence-electron chi connectivity index (χ4n) is 2.41. The van der Waals surface area contributed by atoms with Crippen LogP contribution in [-0.2, 0) is 6.54 Å². The Morgan fingerprint density at radius 1 is 0.950 bits per heavy atom. The van der Waals surface area contributed by atoms with Crippen LogP contribution in [0.5, 0.6) is 0 Å². The SMILES string of the molecule is Cc1cc2[te]c(C)[n+](Cc3ccccc3)c2cc1C.[I-]. The molecule has 3 aromatic rings. The molecule has 1 aromatic heterocycles. The van der Waals surface area contributed by atoms with Crippen molar-refractivity contribution in [2.45, 2.75) is 27.3 Å². The summed E-state index contributed by atoms with van der Waals surface area (Å²) in [5.74, 6) is 0. The predicted octanol–water partition coefficient (Wildman–Crippen LogP) is 0.162. The van der Waals surface area contributed by atoms with E-state index in [9.17, 15) is 0 Å². The Balaban J connectivity index is 0.00000147. The van der Waals surface area contributed by atoms with E-state index in [2.05, 4.69) is 67.8 Å². The summed E-state index contributed by atoms with van der Waals surface area (Å²) in [6.07, 6.45) is 0. The molecule has 0 radical (unpaired) electrons. The Kier molecular flexibility index (Phi) is 5.28. The predicted molar refractivity (Wildman–Crippen MR) is 80.8 cm³/mol. The number of hydrogen-bond donors (Lipinski definition) is 0. The van der Waals surface area contributed by atoms with Gasteiger partial charge in [-0.15, -0.1) is 0 Å². The number of aromatic nitrogens is 1. The van der Waals surface area contributed by atoms with Crippen LogP contribution in [0.4, 0.5) is 0 Å². The van der Waals surface area contributed by atoms with Gasteiger partial charge in [-0.1, -0.05) is 0 Å². The molecule has 0 spiro atoms. The molecule has 1 nitrogen and oxygen atoms in total. The van der Waals surface area contributed by atoms with Crippen LogP contribution in [0.3, 0.4) is 0 Å². The van der Waals surface area contributed by atoms with Crippen LogP contribution in [0.2, 0.25) is 0 Å². The normalized spacial score (nSPS) is 10.6. The second-order valence-electron chi connectivity index (χ2n) is 5.10. The number of benzene rings is 2. The monoisotopic (exact) mass is 493 g/mol. The average Bonchev–Trinajstić information content (AvgIpc) is 2.68. The van der Waals surface area contributed by atoms with Crippen LogP contribution in [0.25, 0.3) is 8.92 Å². The first-order chi connectivity index (χ1) is 9.15. The third kappa shape index (κ3) is 3.10. The van der Waals surface area contributed by atoms with Crippen molar-refractivity contribution in [1.29, 1.82) is 0 Å². The van der Waals surface area contributed by atoms with Gasteiger partial charge in [-0.25, -0.2) is 0 Å². The Morgan fingerprint density at radius 2 is 1.60 bits per heavy atom. The molecule has 3 rings (SSSR count). The molecule has 0 amide bonds. The molecule has 0 saturated heterocycles. The molecule has 0 aliphatic heterocycles. The molecule has 0 N–H and O–H groups in total. The molecule has 0 atom stereocenters. The zero-order valence-corrected chi connectivity index (χ0v) is 16.5. The van der Waals surface area contributed by atoms with E-state index in [-0.39, 0.29) is 44.4 Å². The van der Waals surface area contributed by atoms with E-state index in [4.69, 9.17) is 0 Å². The fourth-order valence-corrected chi connectivity index (χ4v) is 5.56. The average molecular weight is 491 g/mol. The van der Waals surface area contributed by atoms with Gasteiger partial charge in [0.25, 0.3) is 0 Å². The van der Waals surface area contributed by atoms with E-state index < -0.39 is 0 Å². The van der Waals surface area contributed by atoms with Crippen molar-refractivity contribution in [3.8, 4) is 0 Å². The van der Waals surface area contributed by atoms with Gasteiger partial charge in [0.05, 0.1) is 0 Å². The summed E-state index contributed by atoms with van der Waals surface area (Å²) in [6.45, 7) is 7.74. The zero-order valence-electron chi connectivity index (χ0n) is 12.0. The van der Waals surface area contributed by atoms with Gasteiger partial charge in [0.1, 0.15) is 0 Å². The van der Waals surface area contributed by atoms with Gasteiger partial charge in [-0.05, 0) is 0 Å². The maximum atomic E-state index is 2.51. The molecule has 2 aromatic carbocycles. The molecule has 104 valence electrons. The van der Waals surface area contributed by atoms with E-state index >= 15 is 0 Å². The minimum Gasteiger partial charge on any atom is -1.00 e. The number of halogens is 1. The molecule has 1 heterocycles. The number of rotatable bonds is 2. The molecule has 20 heavy (non-hydrogen) atoms. The standard InChI is InChI=1S/C17H18NTe.HI/c1-12-9-16-17(10-13(12)2)19-14(3)18(16)11-15-7-5-4-6-8-15;/h4-10H,11H2,1-3H3;1H/q+1;/p-1. The van der Waals surface area contributed by atoms with Crippen molar-refractivity contribution in [2.24, 2.45) is 0 Å². The maximum absolute atomic E-state index is 2.51. The van der Waals surface area contributed by atoms with Crippen LogP contribution < -0.4 is 28.5 Å². The smallest absolute Gasteiger partial charge is 1.00 e. The first kappa shape index (κ1) is 16.0. The Morgan fingerprint density at radius 3 is 2.30 bits per heavy atom. The Hall–Kier alpha value is -0.370. The van der Waals surface area contributed by atoms with Crippen LogP contribution in [0, 0.1) is 20.8 Å². The fraction of sp³-hybridized carbons (Fsp3) is 0.235. The zero-order chi connectivity index (χ0) is 13.4. The van der Waals surface area contributed by atoms with Crippen molar-refractivity contribution in [3.63, 3.8) is 0 Å². The summed E-state index contributed by atoms with van der Waals surface area (Å²) in [6, 6.07) is 15.5. The summed E-state index contributed by atoms with van der Waals surface area (Å²) in [5, 5.41) is 0. The van der Waals surface area contributed by atoms with Crippen molar-refractivity contribution in [2.75, 3.05) is 0 Å². The van der Waals surface area contributed by atoms with Gasteiger partial charge in [0, 0.05) is 0 Å². The molecule has 3 heteroatoms. The van der Waals surface area contributed by atoms with E-state index in [1.807, 2.05) is 0 Å². The maximum Gasteiger partial charge on any atom is -1.00 e. The third-order valence-electron chi connectivity index (χ3n) is 3.69. The quantitative estimate of drug-likeness (QED) is 0.274. The summed E-state index contributed by atoms with van der Waals surface area (Å²) >= 11 is -0.157. The number of hydrogen-bond acceptors (Lipinski definition) is 0. The molecular formula is C17H18INTe. The summed E-state index contributed by atoms with van der Waals surface area (Å²) < 4.78 is 5.69. The molecular weight excluding hydrogens is 473 g/mol. The van der Waals surface area contributed by atoms with Gasteiger partial charge in [0.15, 0.2) is 0 Å². The molecule has 0 aliphatic carbocycles. The van der Waals surface area contributed by atoms with Crippen molar-refractivity contribution >= 4 is 29.3 Å². The molecule has 0 saturated carbocycles. The van der Waals surface area contributed by atoms with Gasteiger partial charge in [0.2, 0.25) is 0 Å². The topological polar surface area (TPSA) is 3.88 Å². The van der Waals surface area contributed by atoms with E-state index in [0.717, 1.165) is 6.54 Å². The van der Waals surface area contributed by atoms with Gasteiger partial charge in [-0.2, -0.15) is 0 Å². The van der Waals surface area contributed by atoms with Crippen LogP contribution in [-0.4, -0.2) is 20.4 Å². The minimum atomic E-state index is -0.157. The van der Waals surface area contributed by atoms with Crippen LogP contribution in [0.15, 0.2) is 42.5 Å². The Labute approximate surface area is 147 Å². The second kappa shape index (κ2) is 6.60. The number of fused-ring (bicyclic) bond motifs is 1. The Bertz CT molecular complexity index is 732. The summed E-state index contributed by atoms with van der Waals surface area (Å²) in [5.41, 5.74) is 5.67. The molecule has 0 bridgehead atoms. The van der Waals surface area contributed by atoms with Gasteiger partial charge in [-0.3, -0.25) is 0 Å². The van der Waals surface area contributed by atoms with E-state index in [1.165, 1.54) is 22.2 Å². The number of nitrogens with zero attached hydrogens (tertiary/aromatic N) is 1. The van der Waals surface area contributed by atoms with E-state index in [1.54, 1.807) is 7.11 Å². The van der Waals surface area contributed by atoms with Gasteiger partial charge < -0.3 is 24.0 Å². The van der Waals surface area contributed by atoms with Gasteiger partial charge >= 0.3 is 124 Å².